The van der Waals surface area contributed by atoms with Gasteiger partial charge in [-0.25, -0.2) is 0 Å². The number of hydrogen-bond acceptors (Lipinski definition) is 4. The summed E-state index contributed by atoms with van der Waals surface area (Å²) < 4.78 is 16.2. The molecule has 0 fully saturated rings. The van der Waals surface area contributed by atoms with Gasteiger partial charge in [0.25, 0.3) is 0 Å². The summed E-state index contributed by atoms with van der Waals surface area (Å²) in [4.78, 5) is 12.4. The molecule has 4 heteroatoms. The summed E-state index contributed by atoms with van der Waals surface area (Å²) in [6, 6.07) is 12.7. The van der Waals surface area contributed by atoms with Crippen molar-refractivity contribution in [3.8, 4) is 17.2 Å². The molecule has 132 valence electrons. The maximum atomic E-state index is 12.4. The van der Waals surface area contributed by atoms with Crippen LogP contribution < -0.4 is 14.2 Å². The smallest absolute Gasteiger partial charge is 0.186 e. The summed E-state index contributed by atoms with van der Waals surface area (Å²) in [6.07, 6.45) is 3.31. The zero-order valence-electron chi connectivity index (χ0n) is 15.3. The molecule has 0 bridgehead atoms. The molecule has 0 heterocycles. The molecule has 0 atom stereocenters. The highest BCUT2D eigenvalue weighted by molar-refractivity contribution is 6.07. The molecule has 0 saturated heterocycles. The van der Waals surface area contributed by atoms with E-state index in [0.717, 1.165) is 11.3 Å². The van der Waals surface area contributed by atoms with Crippen LogP contribution in [-0.4, -0.2) is 25.6 Å². The number of benzene rings is 2. The SMILES string of the molecule is COc1cc(OC)cc(C(=O)/C=C/c2ccc(OC(C)(C)C)cc2)c1. The van der Waals surface area contributed by atoms with Gasteiger partial charge in [-0.2, -0.15) is 0 Å². The second-order valence-corrected chi connectivity index (χ2v) is 6.58. The van der Waals surface area contributed by atoms with E-state index in [2.05, 4.69) is 0 Å². The Morgan fingerprint density at radius 3 is 1.92 bits per heavy atom. The van der Waals surface area contributed by atoms with Crippen molar-refractivity contribution in [3.63, 3.8) is 0 Å². The maximum Gasteiger partial charge on any atom is 0.186 e. The average Bonchev–Trinajstić information content (AvgIpc) is 2.59. The lowest BCUT2D eigenvalue weighted by Crippen LogP contribution is -2.22. The second-order valence-electron chi connectivity index (χ2n) is 6.58. The van der Waals surface area contributed by atoms with Crippen molar-refractivity contribution in [2.75, 3.05) is 14.2 Å². The molecule has 0 aliphatic heterocycles. The molecule has 0 amide bonds. The second kappa shape index (κ2) is 7.88. The van der Waals surface area contributed by atoms with E-state index in [1.807, 2.05) is 45.0 Å². The topological polar surface area (TPSA) is 44.8 Å². The fraction of sp³-hybridized carbons (Fsp3) is 0.286. The largest absolute Gasteiger partial charge is 0.497 e. The molecular formula is C21H24O4. The summed E-state index contributed by atoms with van der Waals surface area (Å²) in [5, 5.41) is 0. The third-order valence-corrected chi connectivity index (χ3v) is 3.37. The Balaban J connectivity index is 2.12. The van der Waals surface area contributed by atoms with Crippen LogP contribution in [0.25, 0.3) is 6.08 Å². The zero-order valence-corrected chi connectivity index (χ0v) is 15.3. The van der Waals surface area contributed by atoms with E-state index in [1.54, 1.807) is 38.5 Å². The molecule has 2 rings (SSSR count). The summed E-state index contributed by atoms with van der Waals surface area (Å²) in [7, 11) is 3.11. The maximum absolute atomic E-state index is 12.4. The van der Waals surface area contributed by atoms with Gasteiger partial charge in [-0.1, -0.05) is 18.2 Å². The number of rotatable bonds is 6. The van der Waals surface area contributed by atoms with E-state index < -0.39 is 0 Å². The van der Waals surface area contributed by atoms with Gasteiger partial charge in [0.1, 0.15) is 22.8 Å². The Hall–Kier alpha value is -2.75. The molecule has 4 nitrogen and oxygen atoms in total. The Labute approximate surface area is 149 Å². The van der Waals surface area contributed by atoms with Gasteiger partial charge in [0.15, 0.2) is 5.78 Å². The lowest BCUT2D eigenvalue weighted by molar-refractivity contribution is 0.104. The summed E-state index contributed by atoms with van der Waals surface area (Å²) >= 11 is 0. The lowest BCUT2D eigenvalue weighted by Gasteiger charge is -2.21. The van der Waals surface area contributed by atoms with Crippen LogP contribution >= 0.6 is 0 Å². The van der Waals surface area contributed by atoms with Crippen molar-refractivity contribution in [1.29, 1.82) is 0 Å². The van der Waals surface area contributed by atoms with Crippen LogP contribution in [0.15, 0.2) is 48.5 Å². The van der Waals surface area contributed by atoms with E-state index >= 15 is 0 Å². The van der Waals surface area contributed by atoms with Gasteiger partial charge in [-0.05, 0) is 56.7 Å². The van der Waals surface area contributed by atoms with Crippen LogP contribution in [0.4, 0.5) is 0 Å². The summed E-state index contributed by atoms with van der Waals surface area (Å²) in [5.74, 6) is 1.85. The molecule has 0 saturated carbocycles. The quantitative estimate of drug-likeness (QED) is 0.561. The standard InChI is InChI=1S/C21H24O4/c1-21(2,3)25-17-9-6-15(7-10-17)8-11-20(22)16-12-18(23-4)14-19(13-16)24-5/h6-14H,1-5H3/b11-8+. The monoisotopic (exact) mass is 340 g/mol. The molecule has 0 aliphatic carbocycles. The van der Waals surface area contributed by atoms with Crippen molar-refractivity contribution >= 4 is 11.9 Å². The molecule has 0 aromatic heterocycles. The average molecular weight is 340 g/mol. The first kappa shape index (κ1) is 18.6. The first-order valence-electron chi connectivity index (χ1n) is 8.05. The van der Waals surface area contributed by atoms with Crippen LogP contribution in [0.5, 0.6) is 17.2 Å². The van der Waals surface area contributed by atoms with E-state index in [9.17, 15) is 4.79 Å². The van der Waals surface area contributed by atoms with Crippen molar-refractivity contribution in [3.05, 3.63) is 59.7 Å². The molecule has 0 aliphatic rings. The minimum absolute atomic E-state index is 0.118. The normalized spacial score (nSPS) is 11.4. The number of ketones is 1. The number of ether oxygens (including phenoxy) is 3. The number of hydrogen-bond donors (Lipinski definition) is 0. The summed E-state index contributed by atoms with van der Waals surface area (Å²) in [5.41, 5.74) is 1.20. The first-order valence-corrected chi connectivity index (χ1v) is 8.05. The molecule has 2 aromatic carbocycles. The van der Waals surface area contributed by atoms with Crippen molar-refractivity contribution in [2.24, 2.45) is 0 Å². The molecule has 0 N–H and O–H groups in total. The Bertz CT molecular complexity index is 730. The van der Waals surface area contributed by atoms with Crippen LogP contribution in [0, 0.1) is 0 Å². The zero-order chi connectivity index (χ0) is 18.4. The predicted octanol–water partition coefficient (Wildman–Crippen LogP) is 4.78. The molecule has 2 aromatic rings. The Morgan fingerprint density at radius 2 is 1.44 bits per heavy atom. The van der Waals surface area contributed by atoms with Gasteiger partial charge >= 0.3 is 0 Å². The number of allylic oxidation sites excluding steroid dienone is 1. The Kier molecular flexibility index (Phi) is 5.86. The Morgan fingerprint density at radius 1 is 0.880 bits per heavy atom. The number of carbonyl (C=O) groups excluding carboxylic acids is 1. The van der Waals surface area contributed by atoms with Crippen molar-refractivity contribution in [1.82, 2.24) is 0 Å². The van der Waals surface area contributed by atoms with Crippen LogP contribution in [0.1, 0.15) is 36.7 Å². The van der Waals surface area contributed by atoms with Crippen molar-refractivity contribution in [2.45, 2.75) is 26.4 Å². The third kappa shape index (κ3) is 5.68. The number of methoxy groups -OCH3 is 2. The minimum Gasteiger partial charge on any atom is -0.497 e. The van der Waals surface area contributed by atoms with Gasteiger partial charge in [0.05, 0.1) is 14.2 Å². The van der Waals surface area contributed by atoms with Gasteiger partial charge in [0.2, 0.25) is 0 Å². The minimum atomic E-state index is -0.237. The van der Waals surface area contributed by atoms with Gasteiger partial charge < -0.3 is 14.2 Å². The van der Waals surface area contributed by atoms with E-state index in [4.69, 9.17) is 14.2 Å². The molecule has 25 heavy (non-hydrogen) atoms. The van der Waals surface area contributed by atoms with Crippen LogP contribution in [0.2, 0.25) is 0 Å². The van der Waals surface area contributed by atoms with Gasteiger partial charge in [-0.15, -0.1) is 0 Å². The predicted molar refractivity (Wildman–Crippen MR) is 99.7 cm³/mol. The third-order valence-electron chi connectivity index (χ3n) is 3.37. The highest BCUT2D eigenvalue weighted by Gasteiger charge is 2.11. The van der Waals surface area contributed by atoms with Gasteiger partial charge in [0, 0.05) is 11.6 Å². The van der Waals surface area contributed by atoms with Crippen LogP contribution in [0.3, 0.4) is 0 Å². The fourth-order valence-corrected chi connectivity index (χ4v) is 2.22. The number of carbonyl (C=O) groups is 1. The fourth-order valence-electron chi connectivity index (χ4n) is 2.22. The van der Waals surface area contributed by atoms with Crippen molar-refractivity contribution < 1.29 is 19.0 Å². The molecule has 0 spiro atoms. The molecular weight excluding hydrogens is 316 g/mol. The highest BCUT2D eigenvalue weighted by Crippen LogP contribution is 2.23. The van der Waals surface area contributed by atoms with Gasteiger partial charge in [-0.3, -0.25) is 4.79 Å². The lowest BCUT2D eigenvalue weighted by atomic mass is 10.1. The summed E-state index contributed by atoms with van der Waals surface area (Å²) in [6.45, 7) is 6.01. The van der Waals surface area contributed by atoms with E-state index in [0.29, 0.717) is 17.1 Å². The first-order chi connectivity index (χ1) is 11.8. The molecule has 0 unspecified atom stereocenters. The van der Waals surface area contributed by atoms with E-state index in [1.165, 1.54) is 6.08 Å². The van der Waals surface area contributed by atoms with E-state index in [-0.39, 0.29) is 11.4 Å². The van der Waals surface area contributed by atoms with Crippen LogP contribution in [-0.2, 0) is 0 Å². The highest BCUT2D eigenvalue weighted by atomic mass is 16.5. The molecule has 0 radical (unpaired) electrons.